The van der Waals surface area contributed by atoms with Gasteiger partial charge in [0, 0.05) is 32.7 Å². The molecular weight excluding hydrogens is 1520 g/mol. The van der Waals surface area contributed by atoms with E-state index in [4.69, 9.17) is 33.2 Å². The molecule has 12 aromatic rings. The summed E-state index contributed by atoms with van der Waals surface area (Å²) >= 11 is 0. The van der Waals surface area contributed by atoms with E-state index >= 15 is 0 Å². The third-order valence-electron chi connectivity index (χ3n) is 16.8. The smallest absolute Gasteiger partial charge is 0.496 e. The second kappa shape index (κ2) is 44.9. The number of H-pyrrole nitrogens is 5. The summed E-state index contributed by atoms with van der Waals surface area (Å²) in [6.45, 7) is 11.2. The number of ether oxygens (including phenoxy) is 10. The zero-order valence-electron chi connectivity index (χ0n) is 64.9. The minimum Gasteiger partial charge on any atom is -0.496 e. The average Bonchev–Trinajstić information content (AvgIpc) is 0.816. The number of methoxy groups -OCH3 is 1. The number of aromatic amines is 5. The van der Waals surface area contributed by atoms with Gasteiger partial charge in [-0.2, -0.15) is 0 Å². The van der Waals surface area contributed by atoms with E-state index in [9.17, 15) is 71.9 Å². The Hall–Kier alpha value is -14.3. The lowest BCUT2D eigenvalue weighted by molar-refractivity contribution is -0.0446. The van der Waals surface area contributed by atoms with Gasteiger partial charge in [0.1, 0.15) is 11.3 Å². The van der Waals surface area contributed by atoms with Crippen LogP contribution in [0.4, 0.5) is 14.4 Å². The molecule has 0 atom stereocenters. The van der Waals surface area contributed by atoms with Crippen LogP contribution in [0.15, 0.2) is 218 Å². The number of nitrogens with one attached hydrogen (secondary N) is 5. The highest BCUT2D eigenvalue weighted by atomic mass is 16.8. The van der Waals surface area contributed by atoms with Gasteiger partial charge in [0.15, 0.2) is 6.79 Å². The molecule has 35 heteroatoms. The summed E-state index contributed by atoms with van der Waals surface area (Å²) in [6.07, 6.45) is -0.374. The molecule has 0 spiro atoms. The highest BCUT2D eigenvalue weighted by molar-refractivity contribution is 5.92. The Morgan fingerprint density at radius 3 is 0.983 bits per heavy atom. The maximum Gasteiger partial charge on any atom is 0.510 e. The molecule has 0 aliphatic heterocycles. The number of aromatic nitrogens is 10. The monoisotopic (exact) mass is 1610 g/mol. The van der Waals surface area contributed by atoms with Crippen molar-refractivity contribution in [2.75, 3.05) is 60.2 Å². The fourth-order valence-electron chi connectivity index (χ4n) is 11.4. The molecule has 0 amide bonds. The van der Waals surface area contributed by atoms with Crippen LogP contribution in [-0.4, -0.2) is 144 Å². The second-order valence-corrected chi connectivity index (χ2v) is 25.4. The van der Waals surface area contributed by atoms with Crippen LogP contribution in [0.5, 0.6) is 5.75 Å². The lowest BCUT2D eigenvalue weighted by Gasteiger charge is -2.11. The number of aryl methyl sites for hydroxylation is 6. The maximum atomic E-state index is 12.1. The first-order chi connectivity index (χ1) is 56.4. The summed E-state index contributed by atoms with van der Waals surface area (Å²) < 4.78 is 56.1. The van der Waals surface area contributed by atoms with Gasteiger partial charge in [-0.15, -0.1) is 0 Å². The van der Waals surface area contributed by atoms with Crippen molar-refractivity contribution in [1.82, 2.24) is 47.8 Å². The first kappa shape index (κ1) is 88.3. The van der Waals surface area contributed by atoms with E-state index in [0.717, 1.165) is 5.56 Å². The fraction of sp³-hybridized carbons (Fsp3) is 0.305. The van der Waals surface area contributed by atoms with Crippen molar-refractivity contribution in [2.24, 2.45) is 0 Å². The molecule has 0 saturated heterocycles. The van der Waals surface area contributed by atoms with Crippen LogP contribution >= 0.6 is 0 Å². The van der Waals surface area contributed by atoms with E-state index < -0.39 is 86.0 Å². The Bertz CT molecular complexity index is 6070. The summed E-state index contributed by atoms with van der Waals surface area (Å²) in [4.78, 5) is 188. The van der Waals surface area contributed by atoms with Crippen molar-refractivity contribution < 1.29 is 71.3 Å². The fourth-order valence-corrected chi connectivity index (χ4v) is 11.4. The lowest BCUT2D eigenvalue weighted by atomic mass is 10.1. The predicted molar refractivity (Wildman–Crippen MR) is 431 cm³/mol. The Morgan fingerprint density at radius 2 is 0.641 bits per heavy atom. The molecule has 0 saturated carbocycles. The topological polar surface area (TPSA) is 452 Å². The third kappa shape index (κ3) is 25.6. The number of hydrogen-bond acceptors (Lipinski definition) is 25. The molecule has 5 heterocycles. The molecule has 5 aromatic heterocycles. The van der Waals surface area contributed by atoms with Crippen LogP contribution in [0.25, 0.3) is 55.2 Å². The van der Waals surface area contributed by atoms with E-state index in [1.807, 2.05) is 19.1 Å². The number of carbonyl (C=O) groups is 5. The number of esters is 2. The van der Waals surface area contributed by atoms with Crippen LogP contribution < -0.4 is 60.3 Å². The molecule has 0 fully saturated rings. The highest BCUT2D eigenvalue weighted by Crippen LogP contribution is 2.19. The summed E-state index contributed by atoms with van der Waals surface area (Å²) in [6, 6.07) is 49.2. The highest BCUT2D eigenvalue weighted by Gasteiger charge is 2.17. The van der Waals surface area contributed by atoms with Gasteiger partial charge in [-0.05, 0) is 152 Å². The van der Waals surface area contributed by atoms with E-state index in [2.05, 4.69) is 39.1 Å². The van der Waals surface area contributed by atoms with Gasteiger partial charge in [-0.1, -0.05) is 90.5 Å². The van der Waals surface area contributed by atoms with Gasteiger partial charge in [0.05, 0.1) is 120 Å². The van der Waals surface area contributed by atoms with E-state index in [0.29, 0.717) is 117 Å². The van der Waals surface area contributed by atoms with E-state index in [1.54, 1.807) is 185 Å². The average molecular weight is 1610 g/mol. The molecule has 0 unspecified atom stereocenters. The molecule has 12 rings (SSSR count). The number of rotatable bonds is 28. The first-order valence-electron chi connectivity index (χ1n) is 37.1. The Morgan fingerprint density at radius 1 is 0.342 bits per heavy atom. The van der Waals surface area contributed by atoms with E-state index in [-0.39, 0.29) is 78.8 Å². The maximum absolute atomic E-state index is 12.1. The molecule has 0 bridgehead atoms. The number of nitrogens with zero attached hydrogens (tertiary/aromatic N) is 5. The molecule has 0 aliphatic rings. The summed E-state index contributed by atoms with van der Waals surface area (Å²) in [7, 11) is 1.48. The zero-order valence-corrected chi connectivity index (χ0v) is 64.9. The SMILES string of the molecule is CC(C)OC(=O)OCCCn1c(=O)c(=O)[nH]c2ccccc21.CCOC(=O)OCCCn1c(=O)c(=O)[nH]c2ccccc21.CCOC(=O)OCOCCCn1c(=O)c(=O)[nH]c2ccccc21.COc1ccccc1C(=O)OCCCn1c(=O)c(=O)[nH]c2ccccc21.Cc1ccc(C(=O)OCCCn2c(=O)c(=O)[nH]c3ccccc32)cc1. The van der Waals surface area contributed by atoms with Gasteiger partial charge < -0.3 is 95.1 Å². The number of benzene rings is 7. The number of carbonyl (C=O) groups excluding carboxylic acids is 5. The van der Waals surface area contributed by atoms with Crippen molar-refractivity contribution in [2.45, 2.75) is 106 Å². The number of hydrogen-bond donors (Lipinski definition) is 5. The van der Waals surface area contributed by atoms with Gasteiger partial charge >= 0.3 is 86.0 Å². The van der Waals surface area contributed by atoms with Crippen LogP contribution in [0, 0.1) is 6.92 Å². The van der Waals surface area contributed by atoms with Crippen LogP contribution in [0.2, 0.25) is 0 Å². The molecule has 616 valence electrons. The minimum absolute atomic E-state index is 0.110. The molecular formula is C82H88N10O25. The number of fused-ring (bicyclic) bond motifs is 5. The number of para-hydroxylation sites is 11. The molecule has 7 aromatic carbocycles. The molecule has 5 N–H and O–H groups in total. The molecule has 117 heavy (non-hydrogen) atoms. The predicted octanol–water partition coefficient (Wildman–Crippen LogP) is 8.31. The second-order valence-electron chi connectivity index (χ2n) is 25.4. The van der Waals surface area contributed by atoms with Gasteiger partial charge in [0.25, 0.3) is 0 Å². The first-order valence-corrected chi connectivity index (χ1v) is 37.1. The van der Waals surface area contributed by atoms with Crippen molar-refractivity contribution >= 4 is 85.6 Å². The van der Waals surface area contributed by atoms with Gasteiger partial charge in [-0.3, -0.25) is 47.9 Å². The van der Waals surface area contributed by atoms with Gasteiger partial charge in [0.2, 0.25) is 0 Å². The Balaban J connectivity index is 0.000000183. The molecule has 0 aliphatic carbocycles. The minimum atomic E-state index is -0.788. The third-order valence-corrected chi connectivity index (χ3v) is 16.8. The van der Waals surface area contributed by atoms with Gasteiger partial charge in [-0.25, -0.2) is 24.0 Å². The van der Waals surface area contributed by atoms with E-state index in [1.165, 1.54) is 29.9 Å². The summed E-state index contributed by atoms with van der Waals surface area (Å²) in [5, 5.41) is 0. The van der Waals surface area contributed by atoms with Crippen LogP contribution in [-0.2, 0) is 75.4 Å². The van der Waals surface area contributed by atoms with Crippen molar-refractivity contribution in [1.29, 1.82) is 0 Å². The zero-order chi connectivity index (χ0) is 84.3. The largest absolute Gasteiger partial charge is 0.510 e. The van der Waals surface area contributed by atoms with Crippen molar-refractivity contribution in [3.8, 4) is 5.75 Å². The Kier molecular flexibility index (Phi) is 33.9. The van der Waals surface area contributed by atoms with Crippen molar-refractivity contribution in [3.63, 3.8) is 0 Å². The quantitative estimate of drug-likeness (QED) is 0.0101. The lowest BCUT2D eigenvalue weighted by Crippen LogP contribution is -2.36. The van der Waals surface area contributed by atoms with Crippen LogP contribution in [0.1, 0.15) is 86.1 Å². The van der Waals surface area contributed by atoms with Crippen LogP contribution in [0.3, 0.4) is 0 Å². The summed E-state index contributed by atoms with van der Waals surface area (Å²) in [5.74, 6) is -0.456. The normalized spacial score (nSPS) is 10.7. The summed E-state index contributed by atoms with van der Waals surface area (Å²) in [5.41, 5.74) is 1.67. The molecule has 0 radical (unpaired) electrons. The Labute approximate surface area is 663 Å². The van der Waals surface area contributed by atoms with Crippen molar-refractivity contribution in [3.05, 3.63) is 290 Å². The standard InChI is InChI=1S/C19H18N2O5.C19H18N2O4.C15H18N2O6.C15H18N2O5.C14H16N2O5/c1-25-16-10-5-2-7-13(16)19(24)26-12-6-11-21-15-9-4-3-8-14(15)20-17(22)18(21)23;1-13-7-9-14(10-8-13)19(24)25-12-4-11-21-16-6-3-2-5-15(16)20-17(22)18(21)23;1-2-22-15(20)23-10-21-9-5-8-17-12-7-4-3-6-11(12)16-13(18)14(17)19;1-10(2)22-15(20)21-9-5-8-17-12-7-4-3-6-11(12)16-13(18)14(17)19;1-2-20-14(19)21-9-5-8-16-11-7-4-3-6-10(11)15-12(17)13(16)18/h2-5,7-10H,6,11-12H2,1H3,(H,20,22);2-3,5-10H,4,11-12H2,1H3,(H,20,22);3-4,6-7H,2,5,8-10H2,1H3,(H,16,18);3-4,6-7,10H,5,8-9H2,1-2H3,(H,16,18);3-4,6-7H,2,5,8-9H2,1H3,(H,15,17). The molecule has 35 nitrogen and oxygen atoms in total.